The van der Waals surface area contributed by atoms with E-state index in [1.807, 2.05) is 36.9 Å². The molecule has 1 aliphatic carbocycles. The van der Waals surface area contributed by atoms with Gasteiger partial charge in [-0.1, -0.05) is 30.3 Å². The number of nitrogens with zero attached hydrogens (tertiary/aromatic N) is 1. The van der Waals surface area contributed by atoms with Gasteiger partial charge in [-0.15, -0.1) is 0 Å². The maximum atomic E-state index is 12.3. The minimum Gasteiger partial charge on any atom is -0.496 e. The Labute approximate surface area is 190 Å². The molecule has 0 bridgehead atoms. The van der Waals surface area contributed by atoms with Crippen molar-refractivity contribution >= 4 is 6.29 Å². The third kappa shape index (κ3) is 4.27. The lowest BCUT2D eigenvalue weighted by Crippen LogP contribution is -2.49. The number of carbonyl (C=O) groups is 1. The molecule has 172 valence electrons. The first-order valence-electron chi connectivity index (χ1n) is 11.2. The Hall–Kier alpha value is -2.41. The zero-order chi connectivity index (χ0) is 22.9. The molecular weight excluding hydrogens is 406 g/mol. The first-order chi connectivity index (χ1) is 15.4. The topological polar surface area (TPSA) is 57.2 Å². The van der Waals surface area contributed by atoms with Crippen molar-refractivity contribution in [2.24, 2.45) is 0 Å². The van der Waals surface area contributed by atoms with Crippen molar-refractivity contribution < 1.29 is 23.7 Å². The molecule has 0 aromatic heterocycles. The minimum atomic E-state index is -0.717. The van der Waals surface area contributed by atoms with Gasteiger partial charge in [0.25, 0.3) is 0 Å². The predicted octanol–water partition coefficient (Wildman–Crippen LogP) is 4.47. The zero-order valence-electron chi connectivity index (χ0n) is 19.5. The Morgan fingerprint density at radius 3 is 2.19 bits per heavy atom. The first-order valence-corrected chi connectivity index (χ1v) is 11.2. The molecule has 2 aromatic carbocycles. The maximum Gasteiger partial charge on any atom is 0.147 e. The number of carbonyl (C=O) groups excluding carboxylic acids is 1. The normalized spacial score (nSPS) is 23.7. The Kier molecular flexibility index (Phi) is 6.56. The molecule has 3 unspecified atom stereocenters. The fourth-order valence-corrected chi connectivity index (χ4v) is 4.67. The lowest BCUT2D eigenvalue weighted by Gasteiger charge is -2.34. The van der Waals surface area contributed by atoms with Gasteiger partial charge in [0.15, 0.2) is 0 Å². The van der Waals surface area contributed by atoms with Crippen LogP contribution in [0.15, 0.2) is 42.5 Å². The highest BCUT2D eigenvalue weighted by Gasteiger charge is 2.52. The minimum absolute atomic E-state index is 0.377. The van der Waals surface area contributed by atoms with Crippen molar-refractivity contribution in [3.8, 4) is 11.5 Å². The van der Waals surface area contributed by atoms with Crippen molar-refractivity contribution in [3.63, 3.8) is 0 Å². The quantitative estimate of drug-likeness (QED) is 0.537. The van der Waals surface area contributed by atoms with E-state index in [0.29, 0.717) is 17.9 Å². The van der Waals surface area contributed by atoms with Crippen molar-refractivity contribution in [2.45, 2.75) is 63.1 Å². The molecule has 0 radical (unpaired) electrons. The Balaban J connectivity index is 1.71. The number of benzene rings is 2. The summed E-state index contributed by atoms with van der Waals surface area (Å²) in [5.74, 6) is 2.01. The number of methoxy groups -OCH3 is 3. The monoisotopic (exact) mass is 439 g/mol. The second-order valence-electron chi connectivity index (χ2n) is 9.09. The fraction of sp³-hybridized carbons (Fsp3) is 0.500. The summed E-state index contributed by atoms with van der Waals surface area (Å²) in [7, 11) is 4.91. The van der Waals surface area contributed by atoms with Crippen molar-refractivity contribution in [2.75, 3.05) is 21.3 Å². The van der Waals surface area contributed by atoms with Crippen LogP contribution in [-0.4, -0.2) is 50.4 Å². The largest absolute Gasteiger partial charge is 0.496 e. The highest BCUT2D eigenvalue weighted by Crippen LogP contribution is 2.48. The molecule has 1 heterocycles. The van der Waals surface area contributed by atoms with Crippen LogP contribution in [0.2, 0.25) is 0 Å². The number of aldehydes is 1. The van der Waals surface area contributed by atoms with Crippen molar-refractivity contribution in [1.82, 2.24) is 4.90 Å². The van der Waals surface area contributed by atoms with E-state index >= 15 is 0 Å². The summed E-state index contributed by atoms with van der Waals surface area (Å²) >= 11 is 0. The lowest BCUT2D eigenvalue weighted by atomic mass is 9.98. The molecule has 2 aliphatic rings. The standard InChI is InChI=1S/C26H33NO5/c1-26(2)22(16-28)27(25(32-26)24-20(29-3)7-6-8-21(24)30-4)23(31-5)15-17-9-11-18(12-10-17)19-13-14-19/h6-12,16,19,22-23,25H,13-15H2,1-5H3. The first kappa shape index (κ1) is 22.8. The molecule has 1 saturated carbocycles. The summed E-state index contributed by atoms with van der Waals surface area (Å²) in [6.45, 7) is 3.86. The van der Waals surface area contributed by atoms with E-state index in [1.54, 1.807) is 21.3 Å². The Morgan fingerprint density at radius 2 is 1.69 bits per heavy atom. The molecule has 0 amide bonds. The van der Waals surface area contributed by atoms with Crippen LogP contribution >= 0.6 is 0 Å². The van der Waals surface area contributed by atoms with Crippen LogP contribution in [0.4, 0.5) is 0 Å². The molecule has 1 saturated heterocycles. The van der Waals surface area contributed by atoms with E-state index in [9.17, 15) is 4.79 Å². The molecule has 32 heavy (non-hydrogen) atoms. The van der Waals surface area contributed by atoms with Crippen molar-refractivity contribution in [3.05, 3.63) is 59.2 Å². The Bertz CT molecular complexity index is 915. The molecule has 1 aliphatic heterocycles. The van der Waals surface area contributed by atoms with Gasteiger partial charge in [-0.3, -0.25) is 0 Å². The van der Waals surface area contributed by atoms with Crippen LogP contribution in [-0.2, 0) is 20.7 Å². The van der Waals surface area contributed by atoms with E-state index in [0.717, 1.165) is 23.3 Å². The summed E-state index contributed by atoms with van der Waals surface area (Å²) in [5.41, 5.74) is 2.59. The molecule has 0 N–H and O–H groups in total. The fourth-order valence-electron chi connectivity index (χ4n) is 4.67. The highest BCUT2D eigenvalue weighted by atomic mass is 16.6. The second kappa shape index (κ2) is 9.22. The summed E-state index contributed by atoms with van der Waals surface area (Å²) in [6, 6.07) is 13.9. The molecule has 3 atom stereocenters. The molecule has 4 rings (SSSR count). The Morgan fingerprint density at radius 1 is 1.06 bits per heavy atom. The van der Waals surface area contributed by atoms with Crippen LogP contribution in [0, 0.1) is 0 Å². The third-order valence-electron chi connectivity index (χ3n) is 6.60. The summed E-state index contributed by atoms with van der Waals surface area (Å²) in [4.78, 5) is 14.3. The van der Waals surface area contributed by atoms with Gasteiger partial charge >= 0.3 is 0 Å². The van der Waals surface area contributed by atoms with Gasteiger partial charge in [0, 0.05) is 13.5 Å². The molecule has 2 aromatic rings. The van der Waals surface area contributed by atoms with E-state index in [2.05, 4.69) is 24.3 Å². The number of rotatable bonds is 9. The number of hydrogen-bond acceptors (Lipinski definition) is 6. The average molecular weight is 440 g/mol. The summed E-state index contributed by atoms with van der Waals surface area (Å²) in [6.07, 6.45) is 3.19. The van der Waals surface area contributed by atoms with Gasteiger partial charge in [-0.25, -0.2) is 4.90 Å². The predicted molar refractivity (Wildman–Crippen MR) is 122 cm³/mol. The van der Waals surface area contributed by atoms with E-state index in [1.165, 1.54) is 18.4 Å². The SMILES string of the molecule is COc1cccc(OC)c1C1OC(C)(C)C(C=O)N1C(Cc1ccc(C2CC2)cc1)OC. The maximum absolute atomic E-state index is 12.3. The zero-order valence-corrected chi connectivity index (χ0v) is 19.5. The van der Waals surface area contributed by atoms with Gasteiger partial charge < -0.3 is 23.7 Å². The third-order valence-corrected chi connectivity index (χ3v) is 6.60. The second-order valence-corrected chi connectivity index (χ2v) is 9.09. The molecule has 6 nitrogen and oxygen atoms in total. The summed E-state index contributed by atoms with van der Waals surface area (Å²) < 4.78 is 23.7. The van der Waals surface area contributed by atoms with Gasteiger partial charge in [-0.05, 0) is 55.9 Å². The van der Waals surface area contributed by atoms with Crippen LogP contribution in [0.25, 0.3) is 0 Å². The van der Waals surface area contributed by atoms with E-state index in [4.69, 9.17) is 18.9 Å². The van der Waals surface area contributed by atoms with Crippen LogP contribution < -0.4 is 9.47 Å². The molecular formula is C26H33NO5. The van der Waals surface area contributed by atoms with Crippen LogP contribution in [0.1, 0.15) is 55.5 Å². The molecule has 2 fully saturated rings. The number of ether oxygens (including phenoxy) is 4. The smallest absolute Gasteiger partial charge is 0.147 e. The number of hydrogen-bond donors (Lipinski definition) is 0. The van der Waals surface area contributed by atoms with Crippen molar-refractivity contribution in [1.29, 1.82) is 0 Å². The van der Waals surface area contributed by atoms with Gasteiger partial charge in [0.1, 0.15) is 30.2 Å². The van der Waals surface area contributed by atoms with Crippen LogP contribution in [0.5, 0.6) is 11.5 Å². The van der Waals surface area contributed by atoms with E-state index in [-0.39, 0.29) is 6.23 Å². The van der Waals surface area contributed by atoms with Gasteiger partial charge in [-0.2, -0.15) is 0 Å². The molecule has 6 heteroatoms. The highest BCUT2D eigenvalue weighted by molar-refractivity contribution is 5.61. The van der Waals surface area contributed by atoms with Crippen LogP contribution in [0.3, 0.4) is 0 Å². The lowest BCUT2D eigenvalue weighted by molar-refractivity contribution is -0.123. The van der Waals surface area contributed by atoms with Gasteiger partial charge in [0.2, 0.25) is 0 Å². The average Bonchev–Trinajstić information content (AvgIpc) is 3.61. The van der Waals surface area contributed by atoms with E-state index < -0.39 is 17.9 Å². The molecule has 0 spiro atoms. The summed E-state index contributed by atoms with van der Waals surface area (Å²) in [5, 5.41) is 0. The van der Waals surface area contributed by atoms with Gasteiger partial charge in [0.05, 0.1) is 31.4 Å².